The van der Waals surface area contributed by atoms with Gasteiger partial charge in [0.05, 0.1) is 29.0 Å². The van der Waals surface area contributed by atoms with Gasteiger partial charge in [0.2, 0.25) is 5.91 Å². The highest BCUT2D eigenvalue weighted by molar-refractivity contribution is 7.99. The van der Waals surface area contributed by atoms with Crippen LogP contribution in [-0.4, -0.2) is 42.7 Å². The first-order valence-corrected chi connectivity index (χ1v) is 13.3. The molecule has 10 heteroatoms. The molecule has 192 valence electrons. The molecule has 1 N–H and O–H groups in total. The van der Waals surface area contributed by atoms with Gasteiger partial charge >= 0.3 is 0 Å². The van der Waals surface area contributed by atoms with Crippen LogP contribution in [0.4, 0.5) is 4.39 Å². The first kappa shape index (κ1) is 25.5. The number of aromatic amines is 1. The summed E-state index contributed by atoms with van der Waals surface area (Å²) in [6.45, 7) is 3.62. The second kappa shape index (κ2) is 10.7. The molecule has 2 unspecified atom stereocenters. The zero-order valence-corrected chi connectivity index (χ0v) is 21.9. The van der Waals surface area contributed by atoms with E-state index in [9.17, 15) is 19.7 Å². The van der Waals surface area contributed by atoms with Gasteiger partial charge in [-0.05, 0) is 63.3 Å². The summed E-state index contributed by atoms with van der Waals surface area (Å²) in [4.78, 5) is 14.6. The maximum Gasteiger partial charge on any atom is 0.219 e. The van der Waals surface area contributed by atoms with Gasteiger partial charge in [-0.25, -0.2) is 8.91 Å². The lowest BCUT2D eigenvalue weighted by Crippen LogP contribution is -2.42. The molecule has 0 spiro atoms. The number of rotatable bonds is 3. The Hall–Kier alpha value is -4.15. The van der Waals surface area contributed by atoms with E-state index >= 15 is 0 Å². The minimum Gasteiger partial charge on any atom is -0.337 e. The molecule has 2 fully saturated rings. The molecule has 0 saturated carbocycles. The van der Waals surface area contributed by atoms with Crippen LogP contribution in [0.25, 0.3) is 16.6 Å². The van der Waals surface area contributed by atoms with E-state index in [-0.39, 0.29) is 11.5 Å². The number of fused-ring (bicyclic) bond motifs is 3. The van der Waals surface area contributed by atoms with E-state index in [2.05, 4.69) is 26.3 Å². The monoisotopic (exact) mass is 527 g/mol. The Morgan fingerprint density at radius 3 is 2.42 bits per heavy atom. The Bertz CT molecular complexity index is 1580. The van der Waals surface area contributed by atoms with E-state index < -0.39 is 5.82 Å². The van der Waals surface area contributed by atoms with Crippen LogP contribution >= 0.6 is 11.8 Å². The predicted octanol–water partition coefficient (Wildman–Crippen LogP) is 5.62. The third kappa shape index (κ3) is 4.88. The van der Waals surface area contributed by atoms with Gasteiger partial charge in [0.25, 0.3) is 0 Å². The normalized spacial score (nSPS) is 18.0. The van der Waals surface area contributed by atoms with Crippen molar-refractivity contribution < 1.29 is 9.18 Å². The predicted molar refractivity (Wildman–Crippen MR) is 141 cm³/mol. The van der Waals surface area contributed by atoms with Crippen molar-refractivity contribution in [3.63, 3.8) is 0 Å². The molecule has 0 radical (unpaired) electrons. The van der Waals surface area contributed by atoms with Crippen molar-refractivity contribution in [2.75, 3.05) is 0 Å². The van der Waals surface area contributed by atoms with Gasteiger partial charge in [0.15, 0.2) is 0 Å². The van der Waals surface area contributed by atoms with Gasteiger partial charge in [0, 0.05) is 51.8 Å². The molecule has 38 heavy (non-hydrogen) atoms. The third-order valence-electron chi connectivity index (χ3n) is 7.18. The Labute approximate surface area is 224 Å². The second-order valence-electron chi connectivity index (χ2n) is 9.56. The van der Waals surface area contributed by atoms with Crippen LogP contribution in [0, 0.1) is 35.4 Å². The number of carbonyl (C=O) groups is 1. The summed E-state index contributed by atoms with van der Waals surface area (Å²) in [7, 11) is 0. The molecular formula is C28H26FN7OS. The maximum atomic E-state index is 13.5. The number of aromatic nitrogens is 4. The fraction of sp³-hybridized carbons (Fsp3) is 0.321. The van der Waals surface area contributed by atoms with E-state index in [1.165, 1.54) is 62.2 Å². The van der Waals surface area contributed by atoms with Gasteiger partial charge < -0.3 is 4.90 Å². The number of nitrogens with zero attached hydrogens (tertiary/aromatic N) is 6. The van der Waals surface area contributed by atoms with Crippen molar-refractivity contribution in [3.8, 4) is 23.3 Å². The summed E-state index contributed by atoms with van der Waals surface area (Å²) in [5.41, 5.74) is 3.98. The van der Waals surface area contributed by atoms with Crippen LogP contribution in [0.3, 0.4) is 0 Å². The van der Waals surface area contributed by atoms with E-state index in [1.54, 1.807) is 23.7 Å². The summed E-state index contributed by atoms with van der Waals surface area (Å²) < 4.78 is 15.1. The molecular weight excluding hydrogens is 501 g/mol. The number of amides is 1. The van der Waals surface area contributed by atoms with Crippen molar-refractivity contribution >= 4 is 23.2 Å². The van der Waals surface area contributed by atoms with Gasteiger partial charge in [-0.15, -0.1) is 0 Å². The lowest BCUT2D eigenvalue weighted by atomic mass is 10.0. The number of pyridine rings is 1. The molecule has 2 atom stereocenters. The molecule has 1 amide bonds. The number of hydrogen-bond acceptors (Lipinski definition) is 6. The minimum absolute atomic E-state index is 0.237. The number of benzene rings is 1. The molecule has 6 rings (SSSR count). The summed E-state index contributed by atoms with van der Waals surface area (Å²) in [5, 5.41) is 30.0. The van der Waals surface area contributed by atoms with Crippen LogP contribution in [0.1, 0.15) is 55.8 Å². The number of carbonyl (C=O) groups excluding carboxylic acids is 1. The molecule has 2 saturated heterocycles. The molecule has 2 aliphatic heterocycles. The molecule has 8 nitrogen and oxygen atoms in total. The van der Waals surface area contributed by atoms with Gasteiger partial charge in [-0.1, -0.05) is 11.8 Å². The van der Waals surface area contributed by atoms with E-state index in [1.807, 2.05) is 25.3 Å². The van der Waals surface area contributed by atoms with Crippen LogP contribution in [0.15, 0.2) is 52.6 Å². The number of H-pyrrole nitrogens is 1. The number of nitrogens with one attached hydrogen (secondary N) is 1. The van der Waals surface area contributed by atoms with Crippen LogP contribution in [0.2, 0.25) is 0 Å². The quantitative estimate of drug-likeness (QED) is 0.370. The van der Waals surface area contributed by atoms with Gasteiger partial charge in [-0.2, -0.15) is 20.7 Å². The Balaban J connectivity index is 0.000000222. The van der Waals surface area contributed by atoms with E-state index in [4.69, 9.17) is 0 Å². The topological polar surface area (TPSA) is 114 Å². The van der Waals surface area contributed by atoms with Gasteiger partial charge in [-0.3, -0.25) is 9.89 Å². The highest BCUT2D eigenvalue weighted by atomic mass is 32.2. The number of aryl methyl sites for hydroxylation is 1. The SMILES string of the molecule is CC(=O)N1C2CCCC1CC2.Cc1[nH]ncc1-c1cc(Sc2ccc(F)cc2C#N)c2c(C#N)cnn2c1. The highest BCUT2D eigenvalue weighted by Gasteiger charge is 2.37. The first-order valence-electron chi connectivity index (χ1n) is 12.5. The smallest absolute Gasteiger partial charge is 0.219 e. The lowest BCUT2D eigenvalue weighted by molar-refractivity contribution is -0.133. The zero-order chi connectivity index (χ0) is 26.8. The van der Waals surface area contributed by atoms with E-state index in [0.717, 1.165) is 21.7 Å². The first-order chi connectivity index (χ1) is 18.4. The lowest BCUT2D eigenvalue weighted by Gasteiger charge is -2.33. The standard InChI is InChI=1S/C19H11FN6S.C9H15NO/c1-11-16(9-23-25-11)13-5-18(19-14(7-22)8-24-26(19)10-13)27-17-3-2-15(20)4-12(17)6-21;1-7(11)10-8-3-2-4-9(10)6-5-8/h2-5,8-10H,1H3,(H,23,25);8-9H,2-6H2,1H3. The average Bonchev–Trinajstić information content (AvgIpc) is 3.60. The molecule has 2 bridgehead atoms. The molecule has 5 heterocycles. The number of hydrogen-bond donors (Lipinski definition) is 1. The summed E-state index contributed by atoms with van der Waals surface area (Å²) in [6.07, 6.45) is 11.4. The molecule has 4 aromatic rings. The van der Waals surface area contributed by atoms with Gasteiger partial charge in [0.1, 0.15) is 18.0 Å². The summed E-state index contributed by atoms with van der Waals surface area (Å²) >= 11 is 1.30. The minimum atomic E-state index is -0.467. The average molecular weight is 528 g/mol. The Morgan fingerprint density at radius 1 is 1.08 bits per heavy atom. The number of piperidine rings is 1. The zero-order valence-electron chi connectivity index (χ0n) is 21.1. The van der Waals surface area contributed by atoms with Crippen LogP contribution in [0.5, 0.6) is 0 Å². The van der Waals surface area contributed by atoms with Crippen molar-refractivity contribution in [3.05, 3.63) is 65.5 Å². The van der Waals surface area contributed by atoms with Crippen molar-refractivity contribution in [1.29, 1.82) is 10.5 Å². The number of nitriles is 2. The fourth-order valence-corrected chi connectivity index (χ4v) is 6.53. The van der Waals surface area contributed by atoms with Crippen molar-refractivity contribution in [2.45, 2.75) is 67.8 Å². The second-order valence-corrected chi connectivity index (χ2v) is 10.6. The molecule has 1 aromatic carbocycles. The Morgan fingerprint density at radius 2 is 1.82 bits per heavy atom. The van der Waals surface area contributed by atoms with E-state index in [0.29, 0.717) is 28.1 Å². The largest absolute Gasteiger partial charge is 0.337 e. The van der Waals surface area contributed by atoms with Crippen molar-refractivity contribution in [1.82, 2.24) is 24.7 Å². The molecule has 3 aromatic heterocycles. The highest BCUT2D eigenvalue weighted by Crippen LogP contribution is 2.38. The third-order valence-corrected chi connectivity index (χ3v) is 8.29. The fourth-order valence-electron chi connectivity index (χ4n) is 5.46. The van der Waals surface area contributed by atoms with Crippen LogP contribution < -0.4 is 0 Å². The number of halogens is 1. The summed E-state index contributed by atoms with van der Waals surface area (Å²) in [6, 6.07) is 11.4. The Kier molecular flexibility index (Phi) is 7.17. The molecule has 0 aliphatic carbocycles. The van der Waals surface area contributed by atoms with Crippen LogP contribution in [-0.2, 0) is 4.79 Å². The summed E-state index contributed by atoms with van der Waals surface area (Å²) in [5.74, 6) is -0.178. The van der Waals surface area contributed by atoms with Crippen molar-refractivity contribution in [2.24, 2.45) is 0 Å². The maximum absolute atomic E-state index is 13.5. The molecule has 2 aliphatic rings.